The zero-order valence-electron chi connectivity index (χ0n) is 8.09. The number of ether oxygens (including phenoxy) is 2. The molecule has 0 saturated heterocycles. The van der Waals surface area contributed by atoms with Gasteiger partial charge in [0.05, 0.1) is 0 Å². The van der Waals surface area contributed by atoms with Gasteiger partial charge < -0.3 is 19.5 Å². The quantitative estimate of drug-likeness (QED) is 0.691. The maximum atomic E-state index is 8.71. The van der Waals surface area contributed by atoms with Crippen molar-refractivity contribution >= 4 is 13.2 Å². The largest absolute Gasteiger partial charge is 0.486 e. The van der Waals surface area contributed by atoms with Crippen LogP contribution in [0.5, 0.6) is 11.5 Å². The zero-order valence-corrected chi connectivity index (χ0v) is 8.09. The van der Waals surface area contributed by atoms with Gasteiger partial charge in [0.2, 0.25) is 0 Å². The summed E-state index contributed by atoms with van der Waals surface area (Å²) in [7, 11) is -1.45. The summed E-state index contributed by atoms with van der Waals surface area (Å²) in [6.07, 6.45) is 1.60. The van der Waals surface area contributed by atoms with Crippen molar-refractivity contribution in [2.45, 2.75) is 0 Å². The fourth-order valence-electron chi connectivity index (χ4n) is 1.42. The van der Waals surface area contributed by atoms with E-state index in [1.807, 2.05) is 18.2 Å². The van der Waals surface area contributed by atoms with Crippen LogP contribution >= 0.6 is 0 Å². The number of hydrogen-bond acceptors (Lipinski definition) is 4. The molecule has 1 aliphatic heterocycles. The minimum atomic E-state index is -1.45. The van der Waals surface area contributed by atoms with Gasteiger partial charge in [0.15, 0.2) is 11.5 Å². The summed E-state index contributed by atoms with van der Waals surface area (Å²) in [5, 5.41) is 17.4. The second kappa shape index (κ2) is 4.38. The molecule has 1 aliphatic rings. The van der Waals surface area contributed by atoms with Crippen LogP contribution in [0.1, 0.15) is 5.56 Å². The van der Waals surface area contributed by atoms with E-state index >= 15 is 0 Å². The van der Waals surface area contributed by atoms with Gasteiger partial charge in [0.1, 0.15) is 13.2 Å². The minimum Gasteiger partial charge on any atom is -0.486 e. The fourth-order valence-corrected chi connectivity index (χ4v) is 1.42. The van der Waals surface area contributed by atoms with Gasteiger partial charge in [-0.3, -0.25) is 0 Å². The summed E-state index contributed by atoms with van der Waals surface area (Å²) in [4.78, 5) is 0. The third kappa shape index (κ3) is 2.32. The predicted octanol–water partition coefficient (Wildman–Crippen LogP) is 0.483. The summed E-state index contributed by atoms with van der Waals surface area (Å²) in [6.45, 7) is 1.06. The van der Waals surface area contributed by atoms with Gasteiger partial charge in [0.25, 0.3) is 0 Å². The summed E-state index contributed by atoms with van der Waals surface area (Å²) in [5.41, 5.74) is 0.778. The Labute approximate surface area is 87.9 Å². The molecule has 0 fully saturated rings. The Bertz CT molecular complexity index is 376. The molecule has 0 amide bonds. The first-order chi connectivity index (χ1) is 7.27. The van der Waals surface area contributed by atoms with Crippen LogP contribution in [0.2, 0.25) is 0 Å². The van der Waals surface area contributed by atoms with E-state index < -0.39 is 7.12 Å². The summed E-state index contributed by atoms with van der Waals surface area (Å²) in [5.74, 6) is 2.62. The Balaban J connectivity index is 2.31. The molecule has 0 radical (unpaired) electrons. The van der Waals surface area contributed by atoms with E-state index in [0.29, 0.717) is 24.7 Å². The van der Waals surface area contributed by atoms with Crippen molar-refractivity contribution in [1.82, 2.24) is 0 Å². The third-order valence-electron chi connectivity index (χ3n) is 2.04. The van der Waals surface area contributed by atoms with Gasteiger partial charge in [-0.05, 0) is 6.07 Å². The number of fused-ring (bicyclic) bond motifs is 1. The van der Waals surface area contributed by atoms with Gasteiger partial charge in [-0.2, -0.15) is 0 Å². The summed E-state index contributed by atoms with van der Waals surface area (Å²) in [6, 6.07) is 5.48. The van der Waals surface area contributed by atoms with E-state index in [1.165, 1.54) is 5.98 Å². The van der Waals surface area contributed by atoms with E-state index in [2.05, 4.69) is 0 Å². The number of hydrogen-bond donors (Lipinski definition) is 2. The van der Waals surface area contributed by atoms with E-state index in [-0.39, 0.29) is 0 Å². The van der Waals surface area contributed by atoms with Crippen molar-refractivity contribution in [3.63, 3.8) is 0 Å². The van der Waals surface area contributed by atoms with E-state index in [0.717, 1.165) is 5.56 Å². The zero-order chi connectivity index (χ0) is 10.7. The lowest BCUT2D eigenvalue weighted by Gasteiger charge is -2.19. The maximum absolute atomic E-state index is 8.71. The molecule has 1 aromatic carbocycles. The first-order valence-electron chi connectivity index (χ1n) is 4.70. The Kier molecular flexibility index (Phi) is 2.94. The summed E-state index contributed by atoms with van der Waals surface area (Å²) >= 11 is 0. The third-order valence-corrected chi connectivity index (χ3v) is 2.04. The molecule has 0 aromatic heterocycles. The average Bonchev–Trinajstić information content (AvgIpc) is 2.26. The lowest BCUT2D eigenvalue weighted by molar-refractivity contribution is 0.171. The highest BCUT2D eigenvalue weighted by atomic mass is 16.6. The average molecular weight is 206 g/mol. The molecule has 78 valence electrons. The smallest absolute Gasteiger partial charge is 0.480 e. The molecule has 0 atom stereocenters. The highest BCUT2D eigenvalue weighted by molar-refractivity contribution is 6.48. The SMILES string of the molecule is OB(O)/C=C/c1cccc2c1OCCO2. The van der Waals surface area contributed by atoms with E-state index in [1.54, 1.807) is 6.08 Å². The van der Waals surface area contributed by atoms with Crippen molar-refractivity contribution in [2.24, 2.45) is 0 Å². The van der Waals surface area contributed by atoms with Crippen LogP contribution in [0.15, 0.2) is 24.2 Å². The number of rotatable bonds is 2. The van der Waals surface area contributed by atoms with Crippen LogP contribution in [0.25, 0.3) is 6.08 Å². The van der Waals surface area contributed by atoms with Crippen molar-refractivity contribution in [3.05, 3.63) is 29.7 Å². The molecule has 2 N–H and O–H groups in total. The standard InChI is InChI=1S/C10H11BO4/c12-11(13)5-4-8-2-1-3-9-10(8)15-7-6-14-9/h1-5,12-13H,6-7H2/b5-4+. The van der Waals surface area contributed by atoms with Crippen LogP contribution in [-0.4, -0.2) is 30.4 Å². The lowest BCUT2D eigenvalue weighted by atomic mass is 9.90. The normalized spacial score (nSPS) is 14.3. The van der Waals surface area contributed by atoms with Crippen molar-refractivity contribution < 1.29 is 19.5 Å². The molecule has 0 saturated carbocycles. The van der Waals surface area contributed by atoms with Crippen LogP contribution in [0.3, 0.4) is 0 Å². The fraction of sp³-hybridized carbons (Fsp3) is 0.200. The molecule has 0 bridgehead atoms. The minimum absolute atomic E-state index is 0.513. The first-order valence-corrected chi connectivity index (χ1v) is 4.70. The van der Waals surface area contributed by atoms with E-state index in [4.69, 9.17) is 19.5 Å². The predicted molar refractivity (Wildman–Crippen MR) is 56.7 cm³/mol. The molecular formula is C10H11BO4. The Morgan fingerprint density at radius 3 is 2.80 bits per heavy atom. The molecule has 2 rings (SSSR count). The molecule has 5 heteroatoms. The van der Waals surface area contributed by atoms with Crippen molar-refractivity contribution in [1.29, 1.82) is 0 Å². The Hall–Kier alpha value is -1.46. The Morgan fingerprint density at radius 2 is 2.00 bits per heavy atom. The molecule has 4 nitrogen and oxygen atoms in total. The second-order valence-electron chi connectivity index (χ2n) is 3.14. The molecule has 0 unspecified atom stereocenters. The van der Waals surface area contributed by atoms with Gasteiger partial charge in [-0.1, -0.05) is 24.2 Å². The molecular weight excluding hydrogens is 195 g/mol. The van der Waals surface area contributed by atoms with Crippen molar-refractivity contribution in [2.75, 3.05) is 13.2 Å². The Morgan fingerprint density at radius 1 is 1.20 bits per heavy atom. The number of para-hydroxylation sites is 1. The highest BCUT2D eigenvalue weighted by Gasteiger charge is 2.14. The molecule has 0 spiro atoms. The molecule has 0 aliphatic carbocycles. The molecule has 15 heavy (non-hydrogen) atoms. The molecule has 1 aromatic rings. The van der Waals surface area contributed by atoms with Crippen LogP contribution in [0.4, 0.5) is 0 Å². The lowest BCUT2D eigenvalue weighted by Crippen LogP contribution is -2.16. The van der Waals surface area contributed by atoms with E-state index in [9.17, 15) is 0 Å². The van der Waals surface area contributed by atoms with Crippen LogP contribution in [0, 0.1) is 0 Å². The van der Waals surface area contributed by atoms with Gasteiger partial charge in [-0.15, -0.1) is 0 Å². The van der Waals surface area contributed by atoms with Crippen LogP contribution in [-0.2, 0) is 0 Å². The highest BCUT2D eigenvalue weighted by Crippen LogP contribution is 2.34. The van der Waals surface area contributed by atoms with Gasteiger partial charge in [-0.25, -0.2) is 0 Å². The van der Waals surface area contributed by atoms with Crippen LogP contribution < -0.4 is 9.47 Å². The summed E-state index contributed by atoms with van der Waals surface area (Å²) < 4.78 is 10.8. The topological polar surface area (TPSA) is 58.9 Å². The van der Waals surface area contributed by atoms with Gasteiger partial charge >= 0.3 is 7.12 Å². The number of benzene rings is 1. The molecule has 1 heterocycles. The first kappa shape index (κ1) is 10.1. The second-order valence-corrected chi connectivity index (χ2v) is 3.14. The van der Waals surface area contributed by atoms with Gasteiger partial charge in [0, 0.05) is 5.56 Å². The maximum Gasteiger partial charge on any atom is 0.480 e. The van der Waals surface area contributed by atoms with Crippen molar-refractivity contribution in [3.8, 4) is 11.5 Å². The monoisotopic (exact) mass is 206 g/mol.